The van der Waals surface area contributed by atoms with Crippen molar-refractivity contribution in [3.63, 3.8) is 0 Å². The monoisotopic (exact) mass is 488 g/mol. The van der Waals surface area contributed by atoms with Crippen molar-refractivity contribution in [1.29, 1.82) is 0 Å². The van der Waals surface area contributed by atoms with E-state index in [0.717, 1.165) is 68.8 Å². The molecule has 0 N–H and O–H groups in total. The molecule has 0 aliphatic rings. The van der Waals surface area contributed by atoms with Gasteiger partial charge in [0.1, 0.15) is 0 Å². The molecule has 7 heteroatoms. The fraction of sp³-hybridized carbons (Fsp3) is 0. The Morgan fingerprint density at radius 2 is 1.14 bits per heavy atom. The third kappa shape index (κ3) is 5.25. The van der Waals surface area contributed by atoms with Crippen molar-refractivity contribution in [2.45, 2.75) is 0 Å². The first-order valence-electron chi connectivity index (χ1n) is 1.11. The van der Waals surface area contributed by atoms with Crippen LogP contribution < -0.4 is 0 Å². The molecule has 0 rings (SSSR count). The second kappa shape index (κ2) is 6.91. The van der Waals surface area contributed by atoms with Gasteiger partial charge in [0.25, 0.3) is 0 Å². The number of rotatable bonds is 3. The van der Waals surface area contributed by atoms with E-state index in [9.17, 15) is 0 Å². The molecule has 0 saturated heterocycles. The second-order valence-corrected chi connectivity index (χ2v) is 9.77. The van der Waals surface area contributed by atoms with E-state index in [2.05, 4.69) is 0 Å². The van der Waals surface area contributed by atoms with Crippen molar-refractivity contribution in [3.8, 4) is 0 Å². The molecule has 0 amide bonds. The fourth-order valence-electron chi connectivity index (χ4n) is 0.0510. The van der Waals surface area contributed by atoms with Crippen molar-refractivity contribution in [3.05, 3.63) is 0 Å². The van der Waals surface area contributed by atoms with Crippen LogP contribution in [0.1, 0.15) is 0 Å². The zero-order chi connectivity index (χ0) is 5.70. The van der Waals surface area contributed by atoms with Crippen LogP contribution in [0.3, 0.4) is 0 Å². The van der Waals surface area contributed by atoms with Crippen LogP contribution >= 0.6 is 0 Å². The average Bonchev–Trinajstić information content (AvgIpc) is 1.72. The predicted octanol–water partition coefficient (Wildman–Crippen LogP) is -1.73. The third-order valence-corrected chi connectivity index (χ3v) is 7.12. The summed E-state index contributed by atoms with van der Waals surface area (Å²) in [6.45, 7) is 0. The first-order chi connectivity index (χ1) is 3.35. The molecule has 0 fully saturated rings. The Labute approximate surface area is 88.6 Å². The van der Waals surface area contributed by atoms with Crippen LogP contribution in [0.2, 0.25) is 0 Å². The van der Waals surface area contributed by atoms with Gasteiger partial charge >= 0.3 is 90.2 Å². The van der Waals surface area contributed by atoms with E-state index < -0.39 is 14.9 Å². The van der Waals surface area contributed by atoms with Gasteiger partial charge in [-0.15, -0.1) is 0 Å². The quantitative estimate of drug-likeness (QED) is 0.448. The molecule has 7 radical (unpaired) electrons. The zero-order valence-electron chi connectivity index (χ0n) is 3.13. The Morgan fingerprint density at radius 1 is 0.857 bits per heavy atom. The standard InChI is InChI=1S/O3Se.3Sn/c1-4(2)3;;;/q-3;3*+2. The molecule has 0 bridgehead atoms. The number of hydrogen-bond acceptors (Lipinski definition) is 3. The molecule has 0 spiro atoms. The summed E-state index contributed by atoms with van der Waals surface area (Å²) in [6, 6.07) is 0. The summed E-state index contributed by atoms with van der Waals surface area (Å²) in [7, 11) is 0. The van der Waals surface area contributed by atoms with Crippen molar-refractivity contribution < 1.29 is 6.47 Å². The molecule has 0 saturated carbocycles. The van der Waals surface area contributed by atoms with Crippen molar-refractivity contribution in [2.75, 3.05) is 0 Å². The van der Waals surface area contributed by atoms with Crippen LogP contribution in [0.4, 0.5) is 0 Å². The Hall–Kier alpha value is 2.80. The number of hydrogen-bond donors (Lipinski definition) is 0. The third-order valence-electron chi connectivity index (χ3n) is 0.204. The van der Waals surface area contributed by atoms with E-state index in [1.165, 1.54) is 0 Å². The van der Waals surface area contributed by atoms with E-state index >= 15 is 0 Å². The molecule has 0 aliphatic carbocycles. The normalized spacial score (nSPS) is 9.86. The topological polar surface area (TPSA) is 27.7 Å². The van der Waals surface area contributed by atoms with Gasteiger partial charge in [0.15, 0.2) is 0 Å². The van der Waals surface area contributed by atoms with Crippen LogP contribution in [-0.2, 0) is 6.47 Å². The van der Waals surface area contributed by atoms with Gasteiger partial charge in [-0.05, 0) is 0 Å². The minimum atomic E-state index is -1.44. The van der Waals surface area contributed by atoms with Gasteiger partial charge in [-0.1, -0.05) is 0 Å². The molecule has 0 unspecified atom stereocenters. The van der Waals surface area contributed by atoms with Gasteiger partial charge in [0, 0.05) is 0 Å². The second-order valence-electron chi connectivity index (χ2n) is 0.454. The molecular formula is O3SeSn3+3. The average molecular weight is 483 g/mol. The van der Waals surface area contributed by atoms with Crippen molar-refractivity contribution in [1.82, 2.24) is 0 Å². The minimum absolute atomic E-state index is 1.03. The fourth-order valence-corrected chi connectivity index (χ4v) is 11.9. The van der Waals surface area contributed by atoms with Gasteiger partial charge < -0.3 is 0 Å². The Balaban J connectivity index is 2.99. The molecule has 0 aromatic heterocycles. The Bertz CT molecular complexity index is 31.7. The molecule has 0 aliphatic heterocycles. The summed E-state index contributed by atoms with van der Waals surface area (Å²) >= 11 is 1.66. The van der Waals surface area contributed by atoms with Gasteiger partial charge in [0.05, 0.1) is 0 Å². The van der Waals surface area contributed by atoms with Gasteiger partial charge in [-0.25, -0.2) is 0 Å². The summed E-state index contributed by atoms with van der Waals surface area (Å²) in [5.74, 6) is 0. The Kier molecular flexibility index (Phi) is 9.67. The van der Waals surface area contributed by atoms with Crippen molar-refractivity contribution >= 4 is 83.7 Å². The van der Waals surface area contributed by atoms with Crippen LogP contribution in [0, 0.1) is 0 Å². The first kappa shape index (κ1) is 9.80. The Morgan fingerprint density at radius 3 is 1.14 bits per heavy atom. The summed E-state index contributed by atoms with van der Waals surface area (Å²) in [5.41, 5.74) is 0. The molecule has 3 nitrogen and oxygen atoms in total. The predicted molar refractivity (Wildman–Crippen MR) is 26.3 cm³/mol. The molecular weight excluding hydrogens is 483 g/mol. The van der Waals surface area contributed by atoms with E-state index in [0.29, 0.717) is 0 Å². The van der Waals surface area contributed by atoms with E-state index in [1.807, 2.05) is 0 Å². The molecule has 33 valence electrons. The van der Waals surface area contributed by atoms with Gasteiger partial charge in [-0.3, -0.25) is 0 Å². The maximum absolute atomic E-state index is 4.86. The van der Waals surface area contributed by atoms with Crippen molar-refractivity contribution in [2.24, 2.45) is 0 Å². The maximum atomic E-state index is 4.86. The molecule has 0 atom stereocenters. The first-order valence-corrected chi connectivity index (χ1v) is 6.71. The van der Waals surface area contributed by atoms with Crippen LogP contribution in [0.15, 0.2) is 0 Å². The summed E-state index contributed by atoms with van der Waals surface area (Å²) in [4.78, 5) is 0. The van der Waals surface area contributed by atoms with E-state index in [1.54, 1.807) is 0 Å². The SMILES string of the molecule is [Sn+][O][Se]([O][Sn+])[O][Sn+]. The van der Waals surface area contributed by atoms with E-state index in [4.69, 9.17) is 6.47 Å². The molecule has 0 heterocycles. The van der Waals surface area contributed by atoms with Gasteiger partial charge in [0.2, 0.25) is 0 Å². The molecule has 0 aromatic carbocycles. The molecule has 0 aromatic rings. The van der Waals surface area contributed by atoms with Crippen LogP contribution in [-0.4, -0.2) is 83.7 Å². The zero-order valence-corrected chi connectivity index (χ0v) is 13.4. The molecule has 7 heavy (non-hydrogen) atoms. The summed E-state index contributed by atoms with van der Waals surface area (Å²) in [6.07, 6.45) is 0. The summed E-state index contributed by atoms with van der Waals surface area (Å²) < 4.78 is 14.6. The van der Waals surface area contributed by atoms with Crippen LogP contribution in [0.5, 0.6) is 0 Å². The van der Waals surface area contributed by atoms with E-state index in [-0.39, 0.29) is 0 Å². The van der Waals surface area contributed by atoms with Crippen LogP contribution in [0.25, 0.3) is 0 Å². The summed E-state index contributed by atoms with van der Waals surface area (Å²) in [5, 5.41) is 0. The van der Waals surface area contributed by atoms with Gasteiger partial charge in [-0.2, -0.15) is 0 Å².